The summed E-state index contributed by atoms with van der Waals surface area (Å²) in [6, 6.07) is 6.88. The Kier molecular flexibility index (Phi) is 2.38. The number of thiophene rings is 1. The zero-order chi connectivity index (χ0) is 11.2. The number of fused-ring (bicyclic) bond motifs is 1. The van der Waals surface area contributed by atoms with Crippen molar-refractivity contribution < 1.29 is 0 Å². The van der Waals surface area contributed by atoms with Crippen LogP contribution in [-0.2, 0) is 5.41 Å². The Morgan fingerprint density at radius 3 is 2.33 bits per heavy atom. The van der Waals surface area contributed by atoms with Crippen molar-refractivity contribution in [2.75, 3.05) is 0 Å². The molecule has 0 aliphatic carbocycles. The molecule has 0 bridgehead atoms. The molecule has 1 aromatic heterocycles. The standard InChI is InChI=1S/C14H18S/c1-9-10(2)15-13-7-6-11(8-12(9)13)14(3,4)5/h6-8H,1-5H3. The number of benzene rings is 1. The topological polar surface area (TPSA) is 0 Å². The lowest BCUT2D eigenvalue weighted by Gasteiger charge is -2.19. The quantitative estimate of drug-likeness (QED) is 0.595. The largest absolute Gasteiger partial charge is 0.140 e. The monoisotopic (exact) mass is 218 g/mol. The molecule has 0 radical (unpaired) electrons. The van der Waals surface area contributed by atoms with E-state index in [4.69, 9.17) is 0 Å². The van der Waals surface area contributed by atoms with Gasteiger partial charge in [-0.05, 0) is 47.9 Å². The van der Waals surface area contributed by atoms with E-state index in [2.05, 4.69) is 52.8 Å². The fourth-order valence-electron chi connectivity index (χ4n) is 1.81. The molecule has 1 heteroatoms. The van der Waals surface area contributed by atoms with Crippen LogP contribution in [0.25, 0.3) is 10.1 Å². The Balaban J connectivity index is 2.70. The molecule has 2 rings (SSSR count). The smallest absolute Gasteiger partial charge is 0.0348 e. The molecule has 80 valence electrons. The van der Waals surface area contributed by atoms with Crippen molar-refractivity contribution in [3.8, 4) is 0 Å². The van der Waals surface area contributed by atoms with E-state index in [0.29, 0.717) is 0 Å². The maximum Gasteiger partial charge on any atom is 0.0348 e. The lowest BCUT2D eigenvalue weighted by molar-refractivity contribution is 0.591. The van der Waals surface area contributed by atoms with Gasteiger partial charge in [0.05, 0.1) is 0 Å². The second-order valence-electron chi connectivity index (χ2n) is 5.24. The molecule has 0 aliphatic rings. The summed E-state index contributed by atoms with van der Waals surface area (Å²) in [4.78, 5) is 1.44. The van der Waals surface area contributed by atoms with Crippen LogP contribution in [0.5, 0.6) is 0 Å². The molecule has 0 spiro atoms. The summed E-state index contributed by atoms with van der Waals surface area (Å²) in [5.41, 5.74) is 3.12. The Labute approximate surface area is 95.9 Å². The maximum atomic E-state index is 2.36. The van der Waals surface area contributed by atoms with Crippen molar-refractivity contribution in [2.45, 2.75) is 40.0 Å². The van der Waals surface area contributed by atoms with Gasteiger partial charge in [0, 0.05) is 9.58 Å². The zero-order valence-electron chi connectivity index (χ0n) is 10.1. The van der Waals surface area contributed by atoms with Crippen LogP contribution in [0.15, 0.2) is 18.2 Å². The number of aryl methyl sites for hydroxylation is 2. The first-order valence-electron chi connectivity index (χ1n) is 5.40. The van der Waals surface area contributed by atoms with Gasteiger partial charge in [-0.2, -0.15) is 0 Å². The van der Waals surface area contributed by atoms with E-state index < -0.39 is 0 Å². The van der Waals surface area contributed by atoms with Gasteiger partial charge in [0.15, 0.2) is 0 Å². The molecule has 1 heterocycles. The van der Waals surface area contributed by atoms with Crippen molar-refractivity contribution in [3.05, 3.63) is 34.2 Å². The lowest BCUT2D eigenvalue weighted by atomic mass is 9.86. The first-order valence-corrected chi connectivity index (χ1v) is 6.21. The van der Waals surface area contributed by atoms with Crippen molar-refractivity contribution in [1.29, 1.82) is 0 Å². The van der Waals surface area contributed by atoms with Gasteiger partial charge in [-0.1, -0.05) is 26.8 Å². The highest BCUT2D eigenvalue weighted by Gasteiger charge is 2.15. The van der Waals surface area contributed by atoms with Crippen LogP contribution in [0.3, 0.4) is 0 Å². The summed E-state index contributed by atoms with van der Waals surface area (Å²) >= 11 is 1.90. The molecular formula is C14H18S. The highest BCUT2D eigenvalue weighted by atomic mass is 32.1. The van der Waals surface area contributed by atoms with Crippen molar-refractivity contribution in [2.24, 2.45) is 0 Å². The molecule has 15 heavy (non-hydrogen) atoms. The van der Waals surface area contributed by atoms with Gasteiger partial charge < -0.3 is 0 Å². The van der Waals surface area contributed by atoms with Crippen LogP contribution in [0.4, 0.5) is 0 Å². The summed E-state index contributed by atoms with van der Waals surface area (Å²) in [5, 5.41) is 1.44. The average Bonchev–Trinajstić information content (AvgIpc) is 2.41. The summed E-state index contributed by atoms with van der Waals surface area (Å²) in [5.74, 6) is 0. The first kappa shape index (κ1) is 10.7. The van der Waals surface area contributed by atoms with Crippen LogP contribution in [-0.4, -0.2) is 0 Å². The molecule has 0 amide bonds. The molecular weight excluding hydrogens is 200 g/mol. The molecule has 0 saturated carbocycles. The van der Waals surface area contributed by atoms with E-state index in [9.17, 15) is 0 Å². The van der Waals surface area contributed by atoms with Gasteiger partial charge in [-0.15, -0.1) is 11.3 Å². The number of hydrogen-bond acceptors (Lipinski definition) is 1. The van der Waals surface area contributed by atoms with Crippen LogP contribution in [0.2, 0.25) is 0 Å². The summed E-state index contributed by atoms with van der Waals surface area (Å²) in [7, 11) is 0. The van der Waals surface area contributed by atoms with Crippen LogP contribution in [0.1, 0.15) is 36.8 Å². The highest BCUT2D eigenvalue weighted by Crippen LogP contribution is 2.33. The fraction of sp³-hybridized carbons (Fsp3) is 0.429. The average molecular weight is 218 g/mol. The molecule has 2 aromatic rings. The van der Waals surface area contributed by atoms with Crippen molar-refractivity contribution >= 4 is 21.4 Å². The minimum absolute atomic E-state index is 0.246. The minimum Gasteiger partial charge on any atom is -0.140 e. The summed E-state index contributed by atoms with van der Waals surface area (Å²) in [6.07, 6.45) is 0. The Hall–Kier alpha value is -0.820. The van der Waals surface area contributed by atoms with E-state index >= 15 is 0 Å². The normalized spacial score (nSPS) is 12.3. The Morgan fingerprint density at radius 1 is 1.07 bits per heavy atom. The molecule has 0 N–H and O–H groups in total. The van der Waals surface area contributed by atoms with Crippen molar-refractivity contribution in [1.82, 2.24) is 0 Å². The van der Waals surface area contributed by atoms with E-state index in [1.54, 1.807) is 0 Å². The van der Waals surface area contributed by atoms with Gasteiger partial charge in [0.1, 0.15) is 0 Å². The lowest BCUT2D eigenvalue weighted by Crippen LogP contribution is -2.10. The minimum atomic E-state index is 0.246. The third kappa shape index (κ3) is 1.81. The number of rotatable bonds is 0. The SMILES string of the molecule is Cc1sc2ccc(C(C)(C)C)cc2c1C. The Bertz CT molecular complexity index is 498. The molecule has 0 aliphatic heterocycles. The van der Waals surface area contributed by atoms with Gasteiger partial charge >= 0.3 is 0 Å². The first-order chi connectivity index (χ1) is 6.89. The molecule has 0 unspecified atom stereocenters. The van der Waals surface area contributed by atoms with Gasteiger partial charge in [0.2, 0.25) is 0 Å². The van der Waals surface area contributed by atoms with E-state index in [0.717, 1.165) is 0 Å². The predicted octanol–water partition coefficient (Wildman–Crippen LogP) is 4.82. The summed E-state index contributed by atoms with van der Waals surface area (Å²) < 4.78 is 1.41. The van der Waals surface area contributed by atoms with Gasteiger partial charge in [-0.25, -0.2) is 0 Å². The molecule has 0 atom stereocenters. The highest BCUT2D eigenvalue weighted by molar-refractivity contribution is 7.19. The van der Waals surface area contributed by atoms with E-state index in [1.165, 1.54) is 26.1 Å². The van der Waals surface area contributed by atoms with Crippen molar-refractivity contribution in [3.63, 3.8) is 0 Å². The third-order valence-corrected chi connectivity index (χ3v) is 4.23. The molecule has 0 fully saturated rings. The predicted molar refractivity (Wildman–Crippen MR) is 70.0 cm³/mol. The maximum absolute atomic E-state index is 2.36. The molecule has 0 nitrogen and oxygen atoms in total. The van der Waals surface area contributed by atoms with E-state index in [1.807, 2.05) is 11.3 Å². The fourth-order valence-corrected chi connectivity index (χ4v) is 2.86. The second-order valence-corrected chi connectivity index (χ2v) is 6.50. The number of hydrogen-bond donors (Lipinski definition) is 0. The zero-order valence-corrected chi connectivity index (χ0v) is 11.0. The summed E-state index contributed by atoms with van der Waals surface area (Å²) in [6.45, 7) is 11.2. The van der Waals surface area contributed by atoms with Crippen LogP contribution < -0.4 is 0 Å². The van der Waals surface area contributed by atoms with Gasteiger partial charge in [0.25, 0.3) is 0 Å². The Morgan fingerprint density at radius 2 is 1.73 bits per heavy atom. The van der Waals surface area contributed by atoms with Crippen LogP contribution in [0, 0.1) is 13.8 Å². The molecule has 0 saturated heterocycles. The van der Waals surface area contributed by atoms with Gasteiger partial charge in [-0.3, -0.25) is 0 Å². The van der Waals surface area contributed by atoms with E-state index in [-0.39, 0.29) is 5.41 Å². The third-order valence-electron chi connectivity index (χ3n) is 3.04. The molecule has 1 aromatic carbocycles. The van der Waals surface area contributed by atoms with Crippen LogP contribution >= 0.6 is 11.3 Å². The second kappa shape index (κ2) is 3.34.